The lowest BCUT2D eigenvalue weighted by atomic mass is 10.0. The summed E-state index contributed by atoms with van der Waals surface area (Å²) in [7, 11) is 0. The van der Waals surface area contributed by atoms with Gasteiger partial charge in [-0.2, -0.15) is 0 Å². The van der Waals surface area contributed by atoms with Crippen LogP contribution in [0.25, 0.3) is 0 Å². The standard InChI is InChI=1S/C24H30FN3O3S/c1-2-11-26-24(30)27(14-17-3-4-17)15-23(29)28-12-9-22-20(10-13-32-22)21(28)16-31-19-7-5-18(25)6-8-19/h5-8,10,13,17,21H,2-4,9,11-12,14-16H2,1H3,(H,26,30)/t21-/m1/s1. The summed E-state index contributed by atoms with van der Waals surface area (Å²) in [5.41, 5.74) is 1.10. The van der Waals surface area contributed by atoms with Crippen molar-refractivity contribution >= 4 is 23.3 Å². The first kappa shape index (κ1) is 22.6. The SMILES string of the molecule is CCCNC(=O)N(CC(=O)N1CCc2sccc2[C@H]1COc1ccc(F)cc1)CC1CC1. The molecule has 4 rings (SSSR count). The number of fused-ring (bicyclic) bond motifs is 1. The van der Waals surface area contributed by atoms with Crippen molar-refractivity contribution in [3.05, 3.63) is 52.0 Å². The molecule has 0 radical (unpaired) electrons. The molecule has 6 nitrogen and oxygen atoms in total. The van der Waals surface area contributed by atoms with Gasteiger partial charge in [-0.1, -0.05) is 6.92 Å². The number of hydrogen-bond donors (Lipinski definition) is 1. The van der Waals surface area contributed by atoms with Crippen LogP contribution in [0.4, 0.5) is 9.18 Å². The maximum absolute atomic E-state index is 13.4. The minimum atomic E-state index is -0.316. The van der Waals surface area contributed by atoms with Gasteiger partial charge in [-0.3, -0.25) is 4.79 Å². The van der Waals surface area contributed by atoms with Crippen molar-refractivity contribution in [2.45, 2.75) is 38.6 Å². The van der Waals surface area contributed by atoms with E-state index in [1.165, 1.54) is 17.0 Å². The fourth-order valence-corrected chi connectivity index (χ4v) is 4.94. The Morgan fingerprint density at radius 2 is 2.03 bits per heavy atom. The smallest absolute Gasteiger partial charge is 0.317 e. The maximum atomic E-state index is 13.4. The molecule has 8 heteroatoms. The first-order valence-electron chi connectivity index (χ1n) is 11.3. The van der Waals surface area contributed by atoms with Gasteiger partial charge >= 0.3 is 6.03 Å². The quantitative estimate of drug-likeness (QED) is 0.611. The molecular weight excluding hydrogens is 429 g/mol. The minimum absolute atomic E-state index is 0.0677. The minimum Gasteiger partial charge on any atom is -0.491 e. The second-order valence-corrected chi connectivity index (χ2v) is 9.47. The lowest BCUT2D eigenvalue weighted by Crippen LogP contribution is -2.50. The Labute approximate surface area is 192 Å². The zero-order valence-corrected chi connectivity index (χ0v) is 19.2. The molecule has 1 aliphatic carbocycles. The lowest BCUT2D eigenvalue weighted by Gasteiger charge is -2.37. The summed E-state index contributed by atoms with van der Waals surface area (Å²) in [5.74, 6) is 0.680. The Morgan fingerprint density at radius 3 is 2.75 bits per heavy atom. The molecule has 32 heavy (non-hydrogen) atoms. The predicted octanol–water partition coefficient (Wildman–Crippen LogP) is 4.22. The summed E-state index contributed by atoms with van der Waals surface area (Å²) < 4.78 is 19.2. The molecule has 1 aliphatic heterocycles. The van der Waals surface area contributed by atoms with E-state index in [2.05, 4.69) is 5.32 Å². The van der Waals surface area contributed by atoms with E-state index >= 15 is 0 Å². The van der Waals surface area contributed by atoms with Gasteiger partial charge in [0.05, 0.1) is 6.04 Å². The second kappa shape index (κ2) is 10.3. The van der Waals surface area contributed by atoms with Crippen LogP contribution < -0.4 is 10.1 Å². The van der Waals surface area contributed by atoms with Crippen LogP contribution in [0.1, 0.15) is 42.7 Å². The van der Waals surface area contributed by atoms with E-state index in [0.717, 1.165) is 31.2 Å². The van der Waals surface area contributed by atoms with E-state index in [1.54, 1.807) is 28.4 Å². The summed E-state index contributed by atoms with van der Waals surface area (Å²) in [6.45, 7) is 4.18. The molecule has 2 heterocycles. The van der Waals surface area contributed by atoms with Crippen LogP contribution in [-0.2, 0) is 11.2 Å². The van der Waals surface area contributed by atoms with Gasteiger partial charge < -0.3 is 19.9 Å². The lowest BCUT2D eigenvalue weighted by molar-refractivity contribution is -0.135. The molecule has 1 N–H and O–H groups in total. The van der Waals surface area contributed by atoms with E-state index in [9.17, 15) is 14.0 Å². The number of ether oxygens (including phenoxy) is 1. The number of nitrogens with zero attached hydrogens (tertiary/aromatic N) is 2. The molecule has 0 bridgehead atoms. The highest BCUT2D eigenvalue weighted by Gasteiger charge is 2.35. The Hall–Kier alpha value is -2.61. The van der Waals surface area contributed by atoms with Gasteiger partial charge in [-0.05, 0) is 72.9 Å². The van der Waals surface area contributed by atoms with Crippen molar-refractivity contribution in [2.75, 3.05) is 32.8 Å². The molecule has 0 unspecified atom stereocenters. The topological polar surface area (TPSA) is 61.9 Å². The van der Waals surface area contributed by atoms with Crippen molar-refractivity contribution in [1.82, 2.24) is 15.1 Å². The maximum Gasteiger partial charge on any atom is 0.317 e. The highest BCUT2D eigenvalue weighted by Crippen LogP contribution is 2.34. The molecule has 1 aromatic heterocycles. The van der Waals surface area contributed by atoms with Crippen LogP contribution in [0, 0.1) is 11.7 Å². The van der Waals surface area contributed by atoms with Gasteiger partial charge in [0.15, 0.2) is 0 Å². The second-order valence-electron chi connectivity index (χ2n) is 8.47. The van der Waals surface area contributed by atoms with Gasteiger partial charge in [0.2, 0.25) is 5.91 Å². The molecule has 1 atom stereocenters. The first-order valence-corrected chi connectivity index (χ1v) is 12.2. The van der Waals surface area contributed by atoms with Gasteiger partial charge in [0.1, 0.15) is 24.7 Å². The fraction of sp³-hybridized carbons (Fsp3) is 0.500. The summed E-state index contributed by atoms with van der Waals surface area (Å²) in [6, 6.07) is 7.56. The number of urea groups is 1. The molecule has 172 valence electrons. The number of benzene rings is 1. The monoisotopic (exact) mass is 459 g/mol. The van der Waals surface area contributed by atoms with Crippen LogP contribution >= 0.6 is 11.3 Å². The Balaban J connectivity index is 1.46. The predicted molar refractivity (Wildman–Crippen MR) is 122 cm³/mol. The highest BCUT2D eigenvalue weighted by atomic mass is 32.1. The number of rotatable bonds is 9. The molecule has 2 aliphatic rings. The Morgan fingerprint density at radius 1 is 1.25 bits per heavy atom. The largest absolute Gasteiger partial charge is 0.491 e. The van der Waals surface area contributed by atoms with Crippen molar-refractivity contribution < 1.29 is 18.7 Å². The summed E-state index contributed by atoms with van der Waals surface area (Å²) in [6.07, 6.45) is 3.88. The third-order valence-electron chi connectivity index (χ3n) is 5.95. The zero-order chi connectivity index (χ0) is 22.5. The van der Waals surface area contributed by atoms with Crippen LogP contribution in [0.3, 0.4) is 0 Å². The normalized spacial score (nSPS) is 17.6. The molecule has 2 aromatic rings. The van der Waals surface area contributed by atoms with Gasteiger partial charge in [-0.15, -0.1) is 11.3 Å². The van der Waals surface area contributed by atoms with Crippen molar-refractivity contribution in [2.24, 2.45) is 5.92 Å². The average molecular weight is 460 g/mol. The number of carbonyl (C=O) groups excluding carboxylic acids is 2. The third-order valence-corrected chi connectivity index (χ3v) is 6.95. The molecular formula is C24H30FN3O3S. The van der Waals surface area contributed by atoms with Crippen LogP contribution in [0.5, 0.6) is 5.75 Å². The number of carbonyl (C=O) groups is 2. The Kier molecular flexibility index (Phi) is 7.29. The van der Waals surface area contributed by atoms with Gasteiger partial charge in [0, 0.05) is 24.5 Å². The fourth-order valence-electron chi connectivity index (χ4n) is 4.01. The number of amides is 3. The van der Waals surface area contributed by atoms with E-state index in [0.29, 0.717) is 31.3 Å². The molecule has 3 amide bonds. The molecule has 1 fully saturated rings. The van der Waals surface area contributed by atoms with E-state index in [-0.39, 0.29) is 36.9 Å². The average Bonchev–Trinajstić information content (AvgIpc) is 3.48. The first-order chi connectivity index (χ1) is 15.5. The van der Waals surface area contributed by atoms with Gasteiger partial charge in [0.25, 0.3) is 0 Å². The van der Waals surface area contributed by atoms with Crippen molar-refractivity contribution in [3.63, 3.8) is 0 Å². The molecule has 1 aromatic carbocycles. The van der Waals surface area contributed by atoms with E-state index < -0.39 is 0 Å². The third kappa shape index (κ3) is 5.59. The number of nitrogens with one attached hydrogen (secondary N) is 1. The van der Waals surface area contributed by atoms with Crippen LogP contribution in [0.15, 0.2) is 35.7 Å². The van der Waals surface area contributed by atoms with Crippen molar-refractivity contribution in [1.29, 1.82) is 0 Å². The summed E-state index contributed by atoms with van der Waals surface area (Å²) >= 11 is 1.69. The molecule has 0 spiro atoms. The van der Waals surface area contributed by atoms with Gasteiger partial charge in [-0.25, -0.2) is 9.18 Å². The van der Waals surface area contributed by atoms with E-state index in [1.807, 2.05) is 23.3 Å². The summed E-state index contributed by atoms with van der Waals surface area (Å²) in [4.78, 5) is 30.8. The number of halogens is 1. The van der Waals surface area contributed by atoms with Crippen LogP contribution in [-0.4, -0.2) is 54.5 Å². The van der Waals surface area contributed by atoms with E-state index in [4.69, 9.17) is 4.74 Å². The number of hydrogen-bond acceptors (Lipinski definition) is 4. The summed E-state index contributed by atoms with van der Waals surface area (Å²) in [5, 5.41) is 4.95. The highest BCUT2D eigenvalue weighted by molar-refractivity contribution is 7.10. The van der Waals surface area contributed by atoms with Crippen LogP contribution in [0.2, 0.25) is 0 Å². The van der Waals surface area contributed by atoms with Crippen molar-refractivity contribution in [3.8, 4) is 5.75 Å². The zero-order valence-electron chi connectivity index (χ0n) is 18.4. The number of thiophene rings is 1. The molecule has 1 saturated carbocycles. The molecule has 0 saturated heterocycles. The Bertz CT molecular complexity index is 929.